The summed E-state index contributed by atoms with van der Waals surface area (Å²) in [5, 5.41) is 7.35. The van der Waals surface area contributed by atoms with Crippen molar-refractivity contribution in [3.63, 3.8) is 0 Å². The summed E-state index contributed by atoms with van der Waals surface area (Å²) in [7, 11) is 1.65. The monoisotopic (exact) mass is 285 g/mol. The van der Waals surface area contributed by atoms with Crippen molar-refractivity contribution in [2.75, 3.05) is 7.11 Å². The molecule has 0 aliphatic carbocycles. The first-order chi connectivity index (χ1) is 10.0. The van der Waals surface area contributed by atoms with Crippen LogP contribution in [0.4, 0.5) is 0 Å². The van der Waals surface area contributed by atoms with Gasteiger partial charge >= 0.3 is 0 Å². The molecular weight excluding hydrogens is 266 g/mol. The maximum absolute atomic E-state index is 7.35. The van der Waals surface area contributed by atoms with E-state index in [0.717, 1.165) is 22.6 Å². The molecule has 0 aliphatic rings. The second-order valence-electron chi connectivity index (χ2n) is 4.77. The molecule has 0 amide bonds. The molecule has 2 rings (SSSR count). The fraction of sp³-hybridized carbons (Fsp3) is 0.250. The van der Waals surface area contributed by atoms with Gasteiger partial charge in [-0.2, -0.15) is 0 Å². The number of hydrogen-bond acceptors (Lipinski definition) is 4. The Kier molecular flexibility index (Phi) is 4.42. The van der Waals surface area contributed by atoms with E-state index in [1.165, 1.54) is 0 Å². The van der Waals surface area contributed by atoms with Crippen LogP contribution in [0.1, 0.15) is 22.4 Å². The number of nitrogen functional groups attached to an aromatic ring is 1. The normalized spacial score (nSPS) is 10.2. The highest BCUT2D eigenvalue weighted by atomic mass is 16.5. The topological polar surface area (TPSA) is 81.2 Å². The summed E-state index contributed by atoms with van der Waals surface area (Å²) < 4.78 is 11.1. The molecule has 5 heteroatoms. The minimum atomic E-state index is 0.0438. The van der Waals surface area contributed by atoms with Crippen LogP contribution in [0.5, 0.6) is 11.5 Å². The molecule has 110 valence electrons. The van der Waals surface area contributed by atoms with Crippen molar-refractivity contribution in [2.45, 2.75) is 20.5 Å². The molecule has 0 atom stereocenters. The Bertz CT molecular complexity index is 651. The zero-order chi connectivity index (χ0) is 15.4. The van der Waals surface area contributed by atoms with Crippen LogP contribution in [0, 0.1) is 19.3 Å². The van der Waals surface area contributed by atoms with Gasteiger partial charge in [-0.05, 0) is 38.1 Å². The van der Waals surface area contributed by atoms with Gasteiger partial charge in [-0.1, -0.05) is 0 Å². The quantitative estimate of drug-likeness (QED) is 0.653. The molecule has 2 aromatic rings. The summed E-state index contributed by atoms with van der Waals surface area (Å²) in [5.74, 6) is 1.60. The maximum atomic E-state index is 7.35. The smallest absolute Gasteiger partial charge is 0.131 e. The van der Waals surface area contributed by atoms with Crippen molar-refractivity contribution < 1.29 is 9.47 Å². The second kappa shape index (κ2) is 6.26. The lowest BCUT2D eigenvalue weighted by atomic mass is 10.1. The summed E-state index contributed by atoms with van der Waals surface area (Å²) in [6.07, 6.45) is 1.78. The lowest BCUT2D eigenvalue weighted by Crippen LogP contribution is -2.10. The van der Waals surface area contributed by atoms with E-state index in [1.807, 2.05) is 13.8 Å². The van der Waals surface area contributed by atoms with Crippen LogP contribution in [0.2, 0.25) is 0 Å². The van der Waals surface area contributed by atoms with Crippen LogP contribution >= 0.6 is 0 Å². The third kappa shape index (κ3) is 3.31. The van der Waals surface area contributed by atoms with E-state index in [1.54, 1.807) is 37.6 Å². The van der Waals surface area contributed by atoms with Crippen molar-refractivity contribution in [1.29, 1.82) is 5.41 Å². The minimum Gasteiger partial charge on any atom is -0.496 e. The molecule has 0 radical (unpaired) electrons. The Morgan fingerprint density at radius 3 is 2.48 bits per heavy atom. The number of benzene rings is 1. The summed E-state index contributed by atoms with van der Waals surface area (Å²) in [6, 6.07) is 7.09. The minimum absolute atomic E-state index is 0.0438. The predicted octanol–water partition coefficient (Wildman–Crippen LogP) is 2.57. The van der Waals surface area contributed by atoms with Crippen molar-refractivity contribution >= 4 is 5.84 Å². The highest BCUT2D eigenvalue weighted by Gasteiger charge is 2.10. The maximum Gasteiger partial charge on any atom is 0.131 e. The number of pyridine rings is 1. The molecule has 1 aromatic heterocycles. The van der Waals surface area contributed by atoms with Gasteiger partial charge in [-0.3, -0.25) is 10.4 Å². The number of methoxy groups -OCH3 is 1. The zero-order valence-electron chi connectivity index (χ0n) is 12.4. The molecule has 0 fully saturated rings. The number of amidine groups is 1. The summed E-state index contributed by atoms with van der Waals surface area (Å²) in [4.78, 5) is 4.39. The third-order valence-corrected chi connectivity index (χ3v) is 3.29. The van der Waals surface area contributed by atoms with E-state index in [2.05, 4.69) is 4.98 Å². The van der Waals surface area contributed by atoms with Gasteiger partial charge in [0.1, 0.15) is 23.9 Å². The molecular formula is C16H19N3O2. The van der Waals surface area contributed by atoms with E-state index in [4.69, 9.17) is 20.6 Å². The van der Waals surface area contributed by atoms with Crippen molar-refractivity contribution in [3.05, 3.63) is 52.8 Å². The van der Waals surface area contributed by atoms with E-state index in [9.17, 15) is 0 Å². The molecule has 1 heterocycles. The largest absolute Gasteiger partial charge is 0.496 e. The lowest BCUT2D eigenvalue weighted by Gasteiger charge is -2.13. The molecule has 0 aliphatic heterocycles. The third-order valence-electron chi connectivity index (χ3n) is 3.29. The Morgan fingerprint density at radius 2 is 1.90 bits per heavy atom. The standard InChI is InChI=1S/C16H19N3O2/c1-10-8-19-14(11(2)15(10)20-3)9-21-13-6-4-12(5-7-13)16(17)18/h4-8H,9H2,1-3H3,(H3,17,18). The summed E-state index contributed by atoms with van der Waals surface area (Å²) in [5.41, 5.74) is 8.92. The first kappa shape index (κ1) is 14.8. The summed E-state index contributed by atoms with van der Waals surface area (Å²) >= 11 is 0. The number of rotatable bonds is 5. The van der Waals surface area contributed by atoms with Crippen molar-refractivity contribution in [2.24, 2.45) is 5.73 Å². The van der Waals surface area contributed by atoms with E-state index < -0.39 is 0 Å². The van der Waals surface area contributed by atoms with Gasteiger partial charge in [0.15, 0.2) is 0 Å². The number of aryl methyl sites for hydroxylation is 1. The summed E-state index contributed by atoms with van der Waals surface area (Å²) in [6.45, 7) is 4.29. The van der Waals surface area contributed by atoms with Crippen LogP contribution in [-0.4, -0.2) is 17.9 Å². The van der Waals surface area contributed by atoms with Gasteiger partial charge in [0.05, 0.1) is 12.8 Å². The molecule has 21 heavy (non-hydrogen) atoms. The Morgan fingerprint density at radius 1 is 1.24 bits per heavy atom. The van der Waals surface area contributed by atoms with Crippen molar-refractivity contribution in [3.8, 4) is 11.5 Å². The van der Waals surface area contributed by atoms with Crippen molar-refractivity contribution in [1.82, 2.24) is 4.98 Å². The number of nitrogens with zero attached hydrogens (tertiary/aromatic N) is 1. The van der Waals surface area contributed by atoms with Crippen LogP contribution in [0.15, 0.2) is 30.5 Å². The van der Waals surface area contributed by atoms with Gasteiger partial charge in [0.2, 0.25) is 0 Å². The van der Waals surface area contributed by atoms with E-state index >= 15 is 0 Å². The number of ether oxygens (including phenoxy) is 2. The van der Waals surface area contributed by atoms with Gasteiger partial charge in [0, 0.05) is 22.9 Å². The van der Waals surface area contributed by atoms with E-state index in [0.29, 0.717) is 17.9 Å². The highest BCUT2D eigenvalue weighted by Crippen LogP contribution is 2.24. The fourth-order valence-electron chi connectivity index (χ4n) is 2.10. The van der Waals surface area contributed by atoms with Crippen LogP contribution < -0.4 is 15.2 Å². The molecule has 0 bridgehead atoms. The Hall–Kier alpha value is -2.56. The van der Waals surface area contributed by atoms with Crippen LogP contribution in [0.25, 0.3) is 0 Å². The highest BCUT2D eigenvalue weighted by molar-refractivity contribution is 5.94. The molecule has 5 nitrogen and oxygen atoms in total. The van der Waals surface area contributed by atoms with Gasteiger partial charge in [-0.25, -0.2) is 0 Å². The zero-order valence-corrected chi connectivity index (χ0v) is 12.4. The van der Waals surface area contributed by atoms with Gasteiger partial charge < -0.3 is 15.2 Å². The fourth-order valence-corrected chi connectivity index (χ4v) is 2.10. The molecule has 0 saturated heterocycles. The Labute approximate surface area is 124 Å². The second-order valence-corrected chi connectivity index (χ2v) is 4.77. The van der Waals surface area contributed by atoms with Crippen LogP contribution in [0.3, 0.4) is 0 Å². The molecule has 0 spiro atoms. The number of aromatic nitrogens is 1. The van der Waals surface area contributed by atoms with Gasteiger partial charge in [-0.15, -0.1) is 0 Å². The lowest BCUT2D eigenvalue weighted by molar-refractivity contribution is 0.298. The number of nitrogens with one attached hydrogen (secondary N) is 1. The SMILES string of the molecule is COc1c(C)cnc(COc2ccc(C(=N)N)cc2)c1C. The van der Waals surface area contributed by atoms with Gasteiger partial charge in [0.25, 0.3) is 0 Å². The molecule has 0 unspecified atom stereocenters. The molecule has 0 saturated carbocycles. The number of hydrogen-bond donors (Lipinski definition) is 2. The molecule has 1 aromatic carbocycles. The van der Waals surface area contributed by atoms with E-state index in [-0.39, 0.29) is 5.84 Å². The molecule has 3 N–H and O–H groups in total. The first-order valence-electron chi connectivity index (χ1n) is 6.59. The average Bonchev–Trinajstić information content (AvgIpc) is 2.47. The van der Waals surface area contributed by atoms with Crippen LogP contribution in [-0.2, 0) is 6.61 Å². The Balaban J connectivity index is 2.11. The number of nitrogens with two attached hydrogens (primary N) is 1. The first-order valence-corrected chi connectivity index (χ1v) is 6.59. The average molecular weight is 285 g/mol. The predicted molar refractivity (Wildman–Crippen MR) is 82.1 cm³/mol.